The van der Waals surface area contributed by atoms with Gasteiger partial charge in [-0.1, -0.05) is 0 Å². The number of aryl methyl sites for hydroxylation is 1. The van der Waals surface area contributed by atoms with Crippen LogP contribution in [0.3, 0.4) is 0 Å². The zero-order valence-electron chi connectivity index (χ0n) is 14.5. The van der Waals surface area contributed by atoms with Crippen LogP contribution in [-0.4, -0.2) is 58.2 Å². The molecule has 1 fully saturated rings. The number of methoxy groups -OCH3 is 1. The number of carboxylic acids is 1. The average molecular weight is 379 g/mol. The van der Waals surface area contributed by atoms with E-state index < -0.39 is 11.4 Å². The molecule has 0 radical (unpaired) electrons. The standard InChI is InChI=1S/C17H21N3O5S/c1-25-10-17(16(23)24)5-2-6-19(9-17)13(21)3-7-20-11-18-14-12(15(20)22)4-8-26-14/h4,8,11H,2-3,5-7,9-10H2,1H3,(H,23,24). The lowest BCUT2D eigenvalue weighted by Gasteiger charge is -2.39. The van der Waals surface area contributed by atoms with Gasteiger partial charge in [0, 0.05) is 33.2 Å². The summed E-state index contributed by atoms with van der Waals surface area (Å²) in [6.45, 7) is 0.946. The third-order valence-electron chi connectivity index (χ3n) is 4.82. The van der Waals surface area contributed by atoms with Crippen molar-refractivity contribution in [1.29, 1.82) is 0 Å². The fraction of sp³-hybridized carbons (Fsp3) is 0.529. The first-order valence-electron chi connectivity index (χ1n) is 8.39. The zero-order chi connectivity index (χ0) is 18.7. The first kappa shape index (κ1) is 18.5. The molecule has 0 aromatic carbocycles. The van der Waals surface area contributed by atoms with E-state index in [1.165, 1.54) is 29.3 Å². The van der Waals surface area contributed by atoms with Crippen molar-refractivity contribution in [3.8, 4) is 0 Å². The van der Waals surface area contributed by atoms with E-state index in [0.29, 0.717) is 29.6 Å². The molecule has 0 aliphatic carbocycles. The highest BCUT2D eigenvalue weighted by Gasteiger charge is 2.43. The number of thiophene rings is 1. The molecule has 3 heterocycles. The van der Waals surface area contributed by atoms with Crippen LogP contribution in [0.4, 0.5) is 0 Å². The fourth-order valence-electron chi connectivity index (χ4n) is 3.40. The predicted molar refractivity (Wildman–Crippen MR) is 96.3 cm³/mol. The van der Waals surface area contributed by atoms with E-state index in [4.69, 9.17) is 4.74 Å². The Bertz CT molecular complexity index is 873. The Morgan fingerprint density at radius 3 is 3.00 bits per heavy atom. The molecule has 2 aromatic heterocycles. The number of carboxylic acid groups (broad SMARTS) is 1. The van der Waals surface area contributed by atoms with Gasteiger partial charge in [0.2, 0.25) is 5.91 Å². The Morgan fingerprint density at radius 1 is 1.46 bits per heavy atom. The van der Waals surface area contributed by atoms with Gasteiger partial charge in [-0.2, -0.15) is 0 Å². The average Bonchev–Trinajstić information content (AvgIpc) is 3.11. The van der Waals surface area contributed by atoms with Gasteiger partial charge in [0.1, 0.15) is 10.2 Å². The van der Waals surface area contributed by atoms with Gasteiger partial charge in [-0.05, 0) is 24.3 Å². The van der Waals surface area contributed by atoms with Crippen LogP contribution in [0.15, 0.2) is 22.6 Å². The summed E-state index contributed by atoms with van der Waals surface area (Å²) in [6, 6.07) is 1.73. The van der Waals surface area contributed by atoms with Gasteiger partial charge < -0.3 is 14.7 Å². The quantitative estimate of drug-likeness (QED) is 0.809. The van der Waals surface area contributed by atoms with Crippen LogP contribution in [0.1, 0.15) is 19.3 Å². The molecule has 0 spiro atoms. The second-order valence-electron chi connectivity index (χ2n) is 6.57. The summed E-state index contributed by atoms with van der Waals surface area (Å²) >= 11 is 1.40. The number of hydrogen-bond acceptors (Lipinski definition) is 6. The van der Waals surface area contributed by atoms with Crippen LogP contribution < -0.4 is 5.56 Å². The van der Waals surface area contributed by atoms with Gasteiger partial charge in [-0.3, -0.25) is 19.0 Å². The highest BCUT2D eigenvalue weighted by Crippen LogP contribution is 2.31. The van der Waals surface area contributed by atoms with E-state index >= 15 is 0 Å². The van der Waals surface area contributed by atoms with Crippen molar-refractivity contribution in [2.45, 2.75) is 25.8 Å². The molecular formula is C17H21N3O5S. The van der Waals surface area contributed by atoms with E-state index in [9.17, 15) is 19.5 Å². The van der Waals surface area contributed by atoms with E-state index in [1.54, 1.807) is 11.0 Å². The predicted octanol–water partition coefficient (Wildman–Crippen LogP) is 1.19. The molecule has 3 rings (SSSR count). The Kier molecular flexibility index (Phi) is 5.38. The monoisotopic (exact) mass is 379 g/mol. The number of ether oxygens (including phenoxy) is 1. The molecule has 1 aliphatic rings. The number of nitrogens with zero attached hydrogens (tertiary/aromatic N) is 3. The number of fused-ring (bicyclic) bond motifs is 1. The molecule has 0 saturated carbocycles. The number of piperidine rings is 1. The maximum absolute atomic E-state index is 12.6. The summed E-state index contributed by atoms with van der Waals surface area (Å²) in [5.41, 5.74) is -1.22. The number of carbonyl (C=O) groups is 2. The van der Waals surface area contributed by atoms with Crippen molar-refractivity contribution in [1.82, 2.24) is 14.5 Å². The van der Waals surface area contributed by atoms with E-state index in [2.05, 4.69) is 4.98 Å². The Hall–Kier alpha value is -2.26. The van der Waals surface area contributed by atoms with Crippen molar-refractivity contribution in [2.75, 3.05) is 26.8 Å². The number of amides is 1. The van der Waals surface area contributed by atoms with Gasteiger partial charge in [0.05, 0.1) is 18.3 Å². The minimum absolute atomic E-state index is 0.0737. The first-order valence-corrected chi connectivity index (χ1v) is 9.27. The van der Waals surface area contributed by atoms with E-state index in [-0.39, 0.29) is 37.6 Å². The molecule has 1 aliphatic heterocycles. The number of rotatable bonds is 6. The van der Waals surface area contributed by atoms with Crippen molar-refractivity contribution in [3.63, 3.8) is 0 Å². The van der Waals surface area contributed by atoms with Crippen LogP contribution in [0.2, 0.25) is 0 Å². The largest absolute Gasteiger partial charge is 0.481 e. The molecule has 1 saturated heterocycles. The summed E-state index contributed by atoms with van der Waals surface area (Å²) in [5, 5.41) is 11.9. The lowest BCUT2D eigenvalue weighted by Crippen LogP contribution is -2.52. The molecule has 1 unspecified atom stereocenters. The van der Waals surface area contributed by atoms with Gasteiger partial charge in [0.15, 0.2) is 0 Å². The molecule has 26 heavy (non-hydrogen) atoms. The number of aliphatic carboxylic acids is 1. The summed E-state index contributed by atoms with van der Waals surface area (Å²) in [5.74, 6) is -1.11. The van der Waals surface area contributed by atoms with Crippen LogP contribution in [-0.2, 0) is 20.9 Å². The Labute approximate surface area is 154 Å². The summed E-state index contributed by atoms with van der Waals surface area (Å²) in [7, 11) is 1.46. The van der Waals surface area contributed by atoms with Crippen LogP contribution in [0, 0.1) is 5.41 Å². The molecule has 140 valence electrons. The summed E-state index contributed by atoms with van der Waals surface area (Å²) in [4.78, 5) is 43.1. The minimum atomic E-state index is -1.06. The maximum atomic E-state index is 12.6. The molecular weight excluding hydrogens is 358 g/mol. The highest BCUT2D eigenvalue weighted by atomic mass is 32.1. The van der Waals surface area contributed by atoms with Crippen molar-refractivity contribution in [2.24, 2.45) is 5.41 Å². The van der Waals surface area contributed by atoms with Gasteiger partial charge >= 0.3 is 5.97 Å². The highest BCUT2D eigenvalue weighted by molar-refractivity contribution is 7.16. The molecule has 1 amide bonds. The third kappa shape index (κ3) is 3.49. The SMILES string of the molecule is COCC1(C(=O)O)CCCN(C(=O)CCn2cnc3sccc3c2=O)C1. The molecule has 9 heteroatoms. The molecule has 1 atom stereocenters. The second-order valence-corrected chi connectivity index (χ2v) is 7.46. The number of likely N-dealkylation sites (tertiary alicyclic amines) is 1. The van der Waals surface area contributed by atoms with E-state index in [0.717, 1.165) is 0 Å². The summed E-state index contributed by atoms with van der Waals surface area (Å²) < 4.78 is 6.51. The first-order chi connectivity index (χ1) is 12.5. The molecule has 8 nitrogen and oxygen atoms in total. The number of carbonyl (C=O) groups excluding carboxylic acids is 1. The molecule has 2 aromatic rings. The maximum Gasteiger partial charge on any atom is 0.313 e. The normalized spacial score (nSPS) is 20.4. The summed E-state index contributed by atoms with van der Waals surface area (Å²) in [6.07, 6.45) is 2.68. The minimum Gasteiger partial charge on any atom is -0.481 e. The van der Waals surface area contributed by atoms with Crippen molar-refractivity contribution < 1.29 is 19.4 Å². The molecule has 1 N–H and O–H groups in total. The van der Waals surface area contributed by atoms with E-state index in [1.807, 2.05) is 5.38 Å². The van der Waals surface area contributed by atoms with Crippen LogP contribution >= 0.6 is 11.3 Å². The number of aromatic nitrogens is 2. The zero-order valence-corrected chi connectivity index (χ0v) is 15.3. The Balaban J connectivity index is 1.68. The lowest BCUT2D eigenvalue weighted by molar-refractivity contribution is -0.159. The van der Waals surface area contributed by atoms with Gasteiger partial charge in [-0.15, -0.1) is 11.3 Å². The van der Waals surface area contributed by atoms with Crippen LogP contribution in [0.25, 0.3) is 10.2 Å². The Morgan fingerprint density at radius 2 is 2.27 bits per heavy atom. The smallest absolute Gasteiger partial charge is 0.313 e. The van der Waals surface area contributed by atoms with Crippen molar-refractivity contribution in [3.05, 3.63) is 28.1 Å². The molecule has 0 bridgehead atoms. The fourth-order valence-corrected chi connectivity index (χ4v) is 4.13. The van der Waals surface area contributed by atoms with Gasteiger partial charge in [0.25, 0.3) is 5.56 Å². The van der Waals surface area contributed by atoms with Crippen molar-refractivity contribution >= 4 is 33.4 Å². The topological polar surface area (TPSA) is 102 Å². The third-order valence-corrected chi connectivity index (χ3v) is 5.64. The van der Waals surface area contributed by atoms with Crippen LogP contribution in [0.5, 0.6) is 0 Å². The second kappa shape index (κ2) is 7.55. The lowest BCUT2D eigenvalue weighted by atomic mass is 9.80. The van der Waals surface area contributed by atoms with Gasteiger partial charge in [-0.25, -0.2) is 4.98 Å². The number of hydrogen-bond donors (Lipinski definition) is 1.